The maximum absolute atomic E-state index is 14.0. The highest BCUT2D eigenvalue weighted by Crippen LogP contribution is 2.71. The van der Waals surface area contributed by atoms with Crippen molar-refractivity contribution in [2.24, 2.45) is 16.7 Å². The number of benzene rings is 1. The number of fused-ring (bicyclic) bond motifs is 5. The monoisotopic (exact) mass is 1340 g/mol. The van der Waals surface area contributed by atoms with Crippen molar-refractivity contribution in [1.82, 2.24) is 4.98 Å². The lowest BCUT2D eigenvalue weighted by Gasteiger charge is -2.67. The molecular formula is C71H103NO23. The van der Waals surface area contributed by atoms with Gasteiger partial charge in [-0.25, -0.2) is 9.59 Å². The molecule has 6 heterocycles. The molecule has 24 heteroatoms. The van der Waals surface area contributed by atoms with Crippen molar-refractivity contribution in [3.8, 4) is 0 Å². The van der Waals surface area contributed by atoms with Gasteiger partial charge in [-0.2, -0.15) is 0 Å². The molecule has 9 aliphatic rings. The van der Waals surface area contributed by atoms with Crippen molar-refractivity contribution < 1.29 is 111 Å². The van der Waals surface area contributed by atoms with E-state index in [-0.39, 0.29) is 43.5 Å². The summed E-state index contributed by atoms with van der Waals surface area (Å²) in [5, 5.41) is 50.4. The van der Waals surface area contributed by atoms with Crippen LogP contribution in [0.25, 0.3) is 6.08 Å². The van der Waals surface area contributed by atoms with Crippen LogP contribution in [0.5, 0.6) is 0 Å². The number of aromatic nitrogens is 1. The van der Waals surface area contributed by atoms with E-state index in [4.69, 9.17) is 80.5 Å². The molecule has 0 bridgehead atoms. The minimum Gasteiger partial charge on any atom is -0.458 e. The van der Waals surface area contributed by atoms with Gasteiger partial charge in [0.1, 0.15) is 59.5 Å². The van der Waals surface area contributed by atoms with Crippen LogP contribution in [0.3, 0.4) is 0 Å². The Balaban J connectivity index is 0.695. The SMILES string of the molecule is CO[C@H]1C[C@H](O[C@H]2CC[C@@]3(C)C(=CC[C@]4(O)[C@@H]3C[C@@H](OC(=O)C=Cc3ccccc3)[C@@]3(C)[C@]4(O)CC[C@@]3(O)[C@H](C)OC(=O)c3cccnc3)C2)O[C@H](C)[C@H]1O[C@H]1C[C@H](OC)[C@H](O[C@H]2C[C@@H](OC)[C@H](O[C@H]3C[C@@H](OC)[C@H](O[C@H]4C[C@@H](OC)[C@H](O)[C@@H](C)O4)[C@@H](C)O3)[C@@H](C)O2)[C@@H](C)O1. The number of esters is 2. The first-order valence-corrected chi connectivity index (χ1v) is 34.1. The lowest BCUT2D eigenvalue weighted by Crippen LogP contribution is -2.78. The Kier molecular flexibility index (Phi) is 22.6. The molecule has 4 aliphatic carbocycles. The summed E-state index contributed by atoms with van der Waals surface area (Å²) in [6.45, 7) is 14.8. The molecule has 11 rings (SSSR count). The molecule has 95 heavy (non-hydrogen) atoms. The molecule has 5 saturated heterocycles. The van der Waals surface area contributed by atoms with Gasteiger partial charge in [-0.05, 0) is 116 Å². The summed E-state index contributed by atoms with van der Waals surface area (Å²) in [5.41, 5.74) is -6.17. The van der Waals surface area contributed by atoms with Crippen LogP contribution in [0.15, 0.2) is 72.6 Å². The summed E-state index contributed by atoms with van der Waals surface area (Å²) < 4.78 is 108. The van der Waals surface area contributed by atoms with Crippen molar-refractivity contribution in [3.63, 3.8) is 0 Å². The zero-order valence-electron chi connectivity index (χ0n) is 57.3. The van der Waals surface area contributed by atoms with Crippen LogP contribution in [0.1, 0.15) is 148 Å². The predicted octanol–water partition coefficient (Wildman–Crippen LogP) is 6.82. The number of pyridine rings is 1. The Bertz CT molecular complexity index is 2950. The van der Waals surface area contributed by atoms with E-state index in [1.807, 2.05) is 64.1 Å². The molecule has 0 unspecified atom stereocenters. The number of nitrogens with zero attached hydrogens (tertiary/aromatic N) is 1. The summed E-state index contributed by atoms with van der Waals surface area (Å²) in [7, 11) is 8.12. The molecule has 0 spiro atoms. The molecule has 0 amide bonds. The third-order valence-electron chi connectivity index (χ3n) is 23.2. The first kappa shape index (κ1) is 72.3. The second-order valence-corrected chi connectivity index (χ2v) is 28.3. The number of ether oxygens (including phenoxy) is 17. The van der Waals surface area contributed by atoms with Gasteiger partial charge in [0.2, 0.25) is 0 Å². The minimum atomic E-state index is -2.02. The highest BCUT2D eigenvalue weighted by molar-refractivity contribution is 5.89. The number of hydrogen-bond donors (Lipinski definition) is 4. The first-order valence-electron chi connectivity index (χ1n) is 34.1. The highest BCUT2D eigenvalue weighted by Gasteiger charge is 2.81. The Morgan fingerprint density at radius 1 is 0.611 bits per heavy atom. The van der Waals surface area contributed by atoms with E-state index in [2.05, 4.69) is 11.9 Å². The van der Waals surface area contributed by atoms with Gasteiger partial charge >= 0.3 is 11.9 Å². The fourth-order valence-electron chi connectivity index (χ4n) is 17.6. The number of carbonyl (C=O) groups excluding carboxylic acids is 2. The van der Waals surface area contributed by atoms with Gasteiger partial charge in [0.15, 0.2) is 31.5 Å². The molecule has 3 saturated carbocycles. The van der Waals surface area contributed by atoms with E-state index in [9.17, 15) is 30.0 Å². The number of aliphatic hydroxyl groups is 4. The van der Waals surface area contributed by atoms with Crippen LogP contribution in [-0.2, 0) is 85.3 Å². The molecule has 1 aromatic heterocycles. The molecule has 29 atom stereocenters. The van der Waals surface area contributed by atoms with Crippen molar-refractivity contribution in [1.29, 1.82) is 0 Å². The average Bonchev–Trinajstić information content (AvgIpc) is 1.59. The minimum absolute atomic E-state index is 0.0564. The molecule has 2 aromatic rings. The molecule has 4 N–H and O–H groups in total. The van der Waals surface area contributed by atoms with Crippen LogP contribution < -0.4 is 0 Å². The molecule has 8 fully saturated rings. The van der Waals surface area contributed by atoms with E-state index in [0.29, 0.717) is 51.4 Å². The Labute approximate surface area is 558 Å². The third-order valence-corrected chi connectivity index (χ3v) is 23.2. The van der Waals surface area contributed by atoms with Crippen LogP contribution in [0, 0.1) is 16.7 Å². The van der Waals surface area contributed by atoms with Crippen molar-refractivity contribution in [3.05, 3.63) is 83.7 Å². The second kappa shape index (κ2) is 29.7. The number of methoxy groups -OCH3 is 5. The number of aliphatic hydroxyl groups excluding tert-OH is 1. The Morgan fingerprint density at radius 3 is 1.58 bits per heavy atom. The summed E-state index contributed by atoms with van der Waals surface area (Å²) in [6.07, 6.45) is -1.74. The topological polar surface area (TPSA) is 285 Å². The van der Waals surface area contributed by atoms with E-state index < -0.39 is 175 Å². The lowest BCUT2D eigenvalue weighted by atomic mass is 9.42. The van der Waals surface area contributed by atoms with E-state index in [1.54, 1.807) is 74.5 Å². The number of rotatable bonds is 21. The smallest absolute Gasteiger partial charge is 0.340 e. The van der Waals surface area contributed by atoms with Gasteiger partial charge in [0.25, 0.3) is 0 Å². The van der Waals surface area contributed by atoms with Gasteiger partial charge < -0.3 is 101 Å². The highest BCUT2D eigenvalue weighted by atomic mass is 16.8. The predicted molar refractivity (Wildman–Crippen MR) is 339 cm³/mol. The zero-order valence-corrected chi connectivity index (χ0v) is 57.3. The maximum Gasteiger partial charge on any atom is 0.340 e. The normalized spacial score (nSPS) is 45.6. The number of carbonyl (C=O) groups is 2. The standard InChI is InChI=1S/C71H103NO23/c1-38-61(74)48(79-9)31-57(84-38)92-63-40(3)86-59(33-50(63)81-11)94-65-42(5)88-60(35-52(65)83-13)95-64-41(4)87-58(34-51(64)82-12)93-62-39(2)85-56(32-49(62)80-10)90-47-24-25-67(7)46(30-47)23-26-70(77)53(67)36-54(91-55(73)22-21-44-18-15-14-16-19-44)68(8)69(76,27-28-71(68,70)78)43(6)89-66(75)45-20-17-29-72-37-45/h14-23,29,37-43,47-54,56-65,74,76-78H,24-28,30-36H2,1-13H3/t38-,39-,40-,41-,42-,43+,47+,48-,49+,50-,51+,52-,53-,54-,56+,57+,58+,59+,60+,61-,62-,63-,64-,65-,67+,68-,69-,70+,71-/m1/s1. The van der Waals surface area contributed by atoms with Crippen molar-refractivity contribution in [2.45, 2.75) is 291 Å². The Hall–Kier alpha value is -3.97. The maximum atomic E-state index is 14.0. The average molecular weight is 1340 g/mol. The van der Waals surface area contributed by atoms with Crippen LogP contribution >= 0.6 is 0 Å². The molecule has 530 valence electrons. The molecule has 1 aromatic carbocycles. The van der Waals surface area contributed by atoms with Crippen molar-refractivity contribution in [2.75, 3.05) is 35.5 Å². The fraction of sp³-hybridized carbons (Fsp3) is 0.761. The largest absolute Gasteiger partial charge is 0.458 e. The number of hydrogen-bond acceptors (Lipinski definition) is 24. The Morgan fingerprint density at radius 2 is 1.09 bits per heavy atom. The summed E-state index contributed by atoms with van der Waals surface area (Å²) in [6, 6.07) is 12.5. The first-order chi connectivity index (χ1) is 45.3. The third kappa shape index (κ3) is 14.0. The quantitative estimate of drug-likeness (QED) is 0.0566. The molecular weight excluding hydrogens is 1230 g/mol. The lowest BCUT2D eigenvalue weighted by molar-refractivity contribution is -0.352. The van der Waals surface area contributed by atoms with Gasteiger partial charge in [-0.1, -0.05) is 55.8 Å². The van der Waals surface area contributed by atoms with E-state index in [0.717, 1.165) is 11.1 Å². The summed E-state index contributed by atoms with van der Waals surface area (Å²) >= 11 is 0. The van der Waals surface area contributed by atoms with Crippen molar-refractivity contribution >= 4 is 18.0 Å². The van der Waals surface area contributed by atoms with E-state index in [1.165, 1.54) is 18.5 Å². The van der Waals surface area contributed by atoms with Gasteiger partial charge in [-0.15, -0.1) is 0 Å². The molecule has 0 radical (unpaired) electrons. The van der Waals surface area contributed by atoms with Crippen LogP contribution in [0.4, 0.5) is 0 Å². The van der Waals surface area contributed by atoms with E-state index >= 15 is 0 Å². The van der Waals surface area contributed by atoms with Gasteiger partial charge in [0, 0.05) is 92.0 Å². The van der Waals surface area contributed by atoms with Crippen LogP contribution in [-0.4, -0.2) is 231 Å². The fourth-order valence-corrected chi connectivity index (χ4v) is 17.6. The van der Waals surface area contributed by atoms with Gasteiger partial charge in [-0.3, -0.25) is 4.98 Å². The zero-order chi connectivity index (χ0) is 67.9. The van der Waals surface area contributed by atoms with Gasteiger partial charge in [0.05, 0.1) is 78.1 Å². The molecule has 24 nitrogen and oxygen atoms in total. The second-order valence-electron chi connectivity index (χ2n) is 28.3. The summed E-state index contributed by atoms with van der Waals surface area (Å²) in [4.78, 5) is 31.6. The van der Waals surface area contributed by atoms with Crippen LogP contribution in [0.2, 0.25) is 0 Å². The molecule has 5 aliphatic heterocycles. The summed E-state index contributed by atoms with van der Waals surface area (Å²) in [5.74, 6) is -2.02.